The second-order valence-electron chi connectivity index (χ2n) is 5.30. The molecule has 0 N–H and O–H groups in total. The molecule has 0 radical (unpaired) electrons. The van der Waals surface area contributed by atoms with E-state index in [4.69, 9.17) is 23.2 Å². The van der Waals surface area contributed by atoms with Crippen molar-refractivity contribution in [3.63, 3.8) is 0 Å². The molecule has 1 aromatic rings. The highest BCUT2D eigenvalue weighted by atomic mass is 35.5. The number of pyridine rings is 1. The normalized spacial score (nSPS) is 12.2. The molecule has 0 aromatic carbocycles. The van der Waals surface area contributed by atoms with E-state index in [1.807, 2.05) is 0 Å². The first kappa shape index (κ1) is 13.8. The minimum absolute atomic E-state index is 0.264. The van der Waals surface area contributed by atoms with Gasteiger partial charge in [-0.05, 0) is 24.6 Å². The van der Waals surface area contributed by atoms with Gasteiger partial charge < -0.3 is 0 Å². The van der Waals surface area contributed by atoms with E-state index in [0.717, 1.165) is 18.8 Å². The van der Waals surface area contributed by atoms with Crippen LogP contribution in [0.5, 0.6) is 0 Å². The van der Waals surface area contributed by atoms with Gasteiger partial charge in [-0.1, -0.05) is 44.0 Å². The van der Waals surface area contributed by atoms with Crippen LogP contribution < -0.4 is 0 Å². The molecule has 0 amide bonds. The average Bonchev–Trinajstić information content (AvgIpc) is 2.08. The maximum absolute atomic E-state index is 6.06. The summed E-state index contributed by atoms with van der Waals surface area (Å²) in [7, 11) is 2.06. The molecule has 0 saturated carbocycles. The van der Waals surface area contributed by atoms with Crippen LogP contribution in [0, 0.1) is 5.41 Å². The van der Waals surface area contributed by atoms with Gasteiger partial charge in [-0.2, -0.15) is 0 Å². The Hall–Kier alpha value is -0.310. The summed E-state index contributed by atoms with van der Waals surface area (Å²) in [6.45, 7) is 8.32. The van der Waals surface area contributed by atoms with Crippen LogP contribution in [0.3, 0.4) is 0 Å². The molecule has 0 fully saturated rings. The van der Waals surface area contributed by atoms with E-state index in [2.05, 4.69) is 37.7 Å². The minimum Gasteiger partial charge on any atom is -0.300 e. The Morgan fingerprint density at radius 2 is 1.88 bits per heavy atom. The summed E-state index contributed by atoms with van der Waals surface area (Å²) in [5, 5.41) is 1.16. The SMILES string of the molecule is CN(Cc1nc(Cl)ccc1Cl)CC(C)(C)C. The zero-order valence-corrected chi connectivity index (χ0v) is 11.7. The standard InChI is InChI=1S/C12H18Cl2N2/c1-12(2,3)8-16(4)7-10-9(13)5-6-11(14)15-10/h5-6H,7-8H2,1-4H3. The van der Waals surface area contributed by atoms with Crippen molar-refractivity contribution in [3.05, 3.63) is 28.0 Å². The van der Waals surface area contributed by atoms with Crippen molar-refractivity contribution in [2.75, 3.05) is 13.6 Å². The molecule has 0 atom stereocenters. The molecule has 2 nitrogen and oxygen atoms in total. The quantitative estimate of drug-likeness (QED) is 0.768. The average molecular weight is 261 g/mol. The lowest BCUT2D eigenvalue weighted by Gasteiger charge is -2.26. The largest absolute Gasteiger partial charge is 0.300 e. The topological polar surface area (TPSA) is 16.1 Å². The molecule has 4 heteroatoms. The summed E-state index contributed by atoms with van der Waals surface area (Å²) in [4.78, 5) is 6.43. The molecule has 0 unspecified atom stereocenters. The maximum Gasteiger partial charge on any atom is 0.129 e. The van der Waals surface area contributed by atoms with Crippen LogP contribution >= 0.6 is 23.2 Å². The number of hydrogen-bond acceptors (Lipinski definition) is 2. The number of rotatable bonds is 3. The molecule has 0 bridgehead atoms. The van der Waals surface area contributed by atoms with Crippen LogP contribution in [0.25, 0.3) is 0 Å². The fourth-order valence-electron chi connectivity index (χ4n) is 1.69. The van der Waals surface area contributed by atoms with Gasteiger partial charge in [0.1, 0.15) is 5.15 Å². The molecular formula is C12H18Cl2N2. The van der Waals surface area contributed by atoms with Gasteiger partial charge in [0.05, 0.1) is 10.7 Å². The molecule has 0 saturated heterocycles. The summed E-state index contributed by atoms with van der Waals surface area (Å²) in [6.07, 6.45) is 0. The molecule has 1 aromatic heterocycles. The molecule has 90 valence electrons. The van der Waals surface area contributed by atoms with Crippen molar-refractivity contribution in [2.45, 2.75) is 27.3 Å². The lowest BCUT2D eigenvalue weighted by atomic mass is 9.96. The van der Waals surface area contributed by atoms with Crippen molar-refractivity contribution in [1.82, 2.24) is 9.88 Å². The van der Waals surface area contributed by atoms with Gasteiger partial charge in [-0.25, -0.2) is 4.98 Å². The third-order valence-electron chi connectivity index (χ3n) is 2.05. The third-order valence-corrected chi connectivity index (χ3v) is 2.60. The first-order valence-corrected chi connectivity index (χ1v) is 6.03. The first-order valence-electron chi connectivity index (χ1n) is 5.27. The predicted octanol–water partition coefficient (Wildman–Crippen LogP) is 3.87. The fraction of sp³-hybridized carbons (Fsp3) is 0.583. The molecule has 0 aliphatic heterocycles. The predicted molar refractivity (Wildman–Crippen MR) is 70.0 cm³/mol. The first-order chi connectivity index (χ1) is 7.28. The van der Waals surface area contributed by atoms with Crippen LogP contribution in [0.1, 0.15) is 26.5 Å². The zero-order valence-electron chi connectivity index (χ0n) is 10.2. The second-order valence-corrected chi connectivity index (χ2v) is 6.09. The molecule has 16 heavy (non-hydrogen) atoms. The van der Waals surface area contributed by atoms with E-state index in [0.29, 0.717) is 10.2 Å². The number of nitrogens with zero attached hydrogens (tertiary/aromatic N) is 2. The maximum atomic E-state index is 6.06. The van der Waals surface area contributed by atoms with E-state index < -0.39 is 0 Å². The summed E-state index contributed by atoms with van der Waals surface area (Å²) in [6, 6.07) is 3.49. The number of aromatic nitrogens is 1. The van der Waals surface area contributed by atoms with Gasteiger partial charge in [0, 0.05) is 13.1 Å². The second kappa shape index (κ2) is 5.35. The Balaban J connectivity index is 2.69. The van der Waals surface area contributed by atoms with E-state index >= 15 is 0 Å². The highest BCUT2D eigenvalue weighted by Crippen LogP contribution is 2.20. The van der Waals surface area contributed by atoms with Crippen LogP contribution in [0.4, 0.5) is 0 Å². The van der Waals surface area contributed by atoms with Crippen LogP contribution in [0.15, 0.2) is 12.1 Å². The van der Waals surface area contributed by atoms with Crippen molar-refractivity contribution >= 4 is 23.2 Å². The van der Waals surface area contributed by atoms with Crippen molar-refractivity contribution in [1.29, 1.82) is 0 Å². The molecular weight excluding hydrogens is 243 g/mol. The Bertz CT molecular complexity index is 359. The van der Waals surface area contributed by atoms with Gasteiger partial charge in [-0.3, -0.25) is 4.90 Å². The molecule has 0 aliphatic carbocycles. The summed E-state index contributed by atoms with van der Waals surface area (Å²) in [5.41, 5.74) is 1.10. The Morgan fingerprint density at radius 1 is 1.25 bits per heavy atom. The minimum atomic E-state index is 0.264. The molecule has 0 spiro atoms. The van der Waals surface area contributed by atoms with Crippen molar-refractivity contribution < 1.29 is 0 Å². The molecule has 0 aliphatic rings. The highest BCUT2D eigenvalue weighted by molar-refractivity contribution is 6.32. The lowest BCUT2D eigenvalue weighted by molar-refractivity contribution is 0.219. The van der Waals surface area contributed by atoms with Crippen LogP contribution in [0.2, 0.25) is 10.2 Å². The lowest BCUT2D eigenvalue weighted by Crippen LogP contribution is -2.29. The van der Waals surface area contributed by atoms with Crippen molar-refractivity contribution in [2.24, 2.45) is 5.41 Å². The van der Waals surface area contributed by atoms with Crippen molar-refractivity contribution in [3.8, 4) is 0 Å². The number of hydrogen-bond donors (Lipinski definition) is 0. The van der Waals surface area contributed by atoms with E-state index in [1.165, 1.54) is 0 Å². The van der Waals surface area contributed by atoms with Gasteiger partial charge in [-0.15, -0.1) is 0 Å². The highest BCUT2D eigenvalue weighted by Gasteiger charge is 2.15. The van der Waals surface area contributed by atoms with Gasteiger partial charge in [0.25, 0.3) is 0 Å². The smallest absolute Gasteiger partial charge is 0.129 e. The third kappa shape index (κ3) is 4.69. The molecule has 1 heterocycles. The monoisotopic (exact) mass is 260 g/mol. The molecule has 1 rings (SSSR count). The van der Waals surface area contributed by atoms with E-state index in [-0.39, 0.29) is 5.41 Å². The summed E-state index contributed by atoms with van der Waals surface area (Å²) < 4.78 is 0. The van der Waals surface area contributed by atoms with Crippen LogP contribution in [-0.4, -0.2) is 23.5 Å². The Kier molecular flexibility index (Phi) is 4.60. The summed E-state index contributed by atoms with van der Waals surface area (Å²) in [5.74, 6) is 0. The van der Waals surface area contributed by atoms with Gasteiger partial charge in [0.2, 0.25) is 0 Å². The van der Waals surface area contributed by atoms with Crippen LogP contribution in [-0.2, 0) is 6.54 Å². The Labute approximate surface area is 108 Å². The van der Waals surface area contributed by atoms with E-state index in [1.54, 1.807) is 12.1 Å². The van der Waals surface area contributed by atoms with Gasteiger partial charge >= 0.3 is 0 Å². The fourth-order valence-corrected chi connectivity index (χ4v) is 2.02. The Morgan fingerprint density at radius 3 is 2.44 bits per heavy atom. The van der Waals surface area contributed by atoms with E-state index in [9.17, 15) is 0 Å². The van der Waals surface area contributed by atoms with Gasteiger partial charge in [0.15, 0.2) is 0 Å². The number of halogens is 2. The summed E-state index contributed by atoms with van der Waals surface area (Å²) >= 11 is 11.9. The zero-order chi connectivity index (χ0) is 12.3.